The minimum atomic E-state index is -0.726. The molecule has 0 amide bonds. The van der Waals surface area contributed by atoms with E-state index in [1.807, 2.05) is 10.8 Å². The van der Waals surface area contributed by atoms with Gasteiger partial charge in [0.1, 0.15) is 17.4 Å². The van der Waals surface area contributed by atoms with Crippen LogP contribution >= 0.6 is 0 Å². The monoisotopic (exact) mass is 318 g/mol. The highest BCUT2D eigenvalue weighted by atomic mass is 19.1. The Morgan fingerprint density at radius 2 is 2.09 bits per heavy atom. The standard InChI is InChI=1S/C17H19FN2O3/c1-23-13-6-7-14(15(18)10-13)16-19-8-9-20(16)12-4-2-11(3-5-12)17(21)22/h6-12H,2-5H2,1H3,(H,21,22). The molecule has 1 aliphatic rings. The Bertz CT molecular complexity index is 706. The van der Waals surface area contributed by atoms with Crippen LogP contribution in [0.5, 0.6) is 5.75 Å². The normalized spacial score (nSPS) is 21.1. The van der Waals surface area contributed by atoms with Crippen LogP contribution in [0.3, 0.4) is 0 Å². The number of hydrogen-bond donors (Lipinski definition) is 1. The quantitative estimate of drug-likeness (QED) is 0.937. The largest absolute Gasteiger partial charge is 0.497 e. The molecule has 1 fully saturated rings. The summed E-state index contributed by atoms with van der Waals surface area (Å²) in [6.07, 6.45) is 6.30. The Morgan fingerprint density at radius 1 is 1.35 bits per heavy atom. The molecule has 0 atom stereocenters. The summed E-state index contributed by atoms with van der Waals surface area (Å²) < 4.78 is 21.3. The second-order valence-electron chi connectivity index (χ2n) is 5.85. The van der Waals surface area contributed by atoms with Crippen molar-refractivity contribution in [3.8, 4) is 17.1 Å². The van der Waals surface area contributed by atoms with E-state index in [2.05, 4.69) is 4.98 Å². The second kappa shape index (κ2) is 6.40. The lowest BCUT2D eigenvalue weighted by atomic mass is 9.86. The number of carboxylic acids is 1. The van der Waals surface area contributed by atoms with Gasteiger partial charge >= 0.3 is 5.97 Å². The minimum absolute atomic E-state index is 0.157. The fourth-order valence-corrected chi connectivity index (χ4v) is 3.22. The molecule has 5 nitrogen and oxygen atoms in total. The number of methoxy groups -OCH3 is 1. The molecular formula is C17H19FN2O3. The van der Waals surface area contributed by atoms with E-state index in [4.69, 9.17) is 9.84 Å². The van der Waals surface area contributed by atoms with Gasteiger partial charge in [0, 0.05) is 24.5 Å². The Balaban J connectivity index is 1.85. The molecule has 0 radical (unpaired) electrons. The third kappa shape index (κ3) is 3.06. The zero-order valence-corrected chi connectivity index (χ0v) is 12.9. The second-order valence-corrected chi connectivity index (χ2v) is 5.85. The van der Waals surface area contributed by atoms with Gasteiger partial charge in [0.25, 0.3) is 0 Å². The van der Waals surface area contributed by atoms with Gasteiger partial charge in [0.15, 0.2) is 0 Å². The number of aromatic nitrogens is 2. The SMILES string of the molecule is COc1ccc(-c2nccn2C2CCC(C(=O)O)CC2)c(F)c1. The smallest absolute Gasteiger partial charge is 0.306 e. The van der Waals surface area contributed by atoms with Crippen LogP contribution in [0.4, 0.5) is 4.39 Å². The lowest BCUT2D eigenvalue weighted by Crippen LogP contribution is -2.23. The van der Waals surface area contributed by atoms with Crippen molar-refractivity contribution in [3.63, 3.8) is 0 Å². The molecule has 0 saturated heterocycles. The third-order valence-corrected chi connectivity index (χ3v) is 4.53. The molecule has 0 spiro atoms. The van der Waals surface area contributed by atoms with Crippen LogP contribution in [0.15, 0.2) is 30.6 Å². The fourth-order valence-electron chi connectivity index (χ4n) is 3.22. The Labute approximate surface area is 133 Å². The molecule has 1 heterocycles. The predicted octanol–water partition coefficient (Wildman–Crippen LogP) is 3.51. The van der Waals surface area contributed by atoms with Gasteiger partial charge in [-0.2, -0.15) is 0 Å². The molecule has 0 unspecified atom stereocenters. The molecule has 6 heteroatoms. The van der Waals surface area contributed by atoms with Crippen LogP contribution in [0.1, 0.15) is 31.7 Å². The number of carboxylic acid groups (broad SMARTS) is 1. The maximum atomic E-state index is 14.3. The van der Waals surface area contributed by atoms with Crippen molar-refractivity contribution in [2.24, 2.45) is 5.92 Å². The van der Waals surface area contributed by atoms with Crippen molar-refractivity contribution in [2.75, 3.05) is 7.11 Å². The Kier molecular flexibility index (Phi) is 4.32. The molecule has 3 rings (SSSR count). The molecule has 1 aromatic carbocycles. The van der Waals surface area contributed by atoms with Crippen LogP contribution in [-0.4, -0.2) is 27.7 Å². The van der Waals surface area contributed by atoms with E-state index in [0.29, 0.717) is 30.0 Å². The van der Waals surface area contributed by atoms with Crippen LogP contribution < -0.4 is 4.74 Å². The van der Waals surface area contributed by atoms with Gasteiger partial charge in [-0.25, -0.2) is 9.37 Å². The number of benzene rings is 1. The Hall–Kier alpha value is -2.37. The van der Waals surface area contributed by atoms with Crippen LogP contribution in [0.25, 0.3) is 11.4 Å². The number of nitrogens with zero attached hydrogens (tertiary/aromatic N) is 2. The van der Waals surface area contributed by atoms with Crippen molar-refractivity contribution in [1.82, 2.24) is 9.55 Å². The summed E-state index contributed by atoms with van der Waals surface area (Å²) in [4.78, 5) is 15.4. The summed E-state index contributed by atoms with van der Waals surface area (Å²) in [6, 6.07) is 4.87. The molecule has 0 aliphatic heterocycles. The van der Waals surface area contributed by atoms with Crippen molar-refractivity contribution in [2.45, 2.75) is 31.7 Å². The van der Waals surface area contributed by atoms with Gasteiger partial charge in [-0.15, -0.1) is 0 Å². The predicted molar refractivity (Wildman–Crippen MR) is 82.8 cm³/mol. The first kappa shape index (κ1) is 15.5. The number of ether oxygens (including phenoxy) is 1. The number of hydrogen-bond acceptors (Lipinski definition) is 3. The fraction of sp³-hybridized carbons (Fsp3) is 0.412. The molecule has 1 N–H and O–H groups in total. The Morgan fingerprint density at radius 3 is 2.70 bits per heavy atom. The number of carbonyl (C=O) groups is 1. The van der Waals surface area contributed by atoms with Gasteiger partial charge in [0.2, 0.25) is 0 Å². The van der Waals surface area contributed by atoms with Gasteiger partial charge in [-0.1, -0.05) is 0 Å². The molecule has 122 valence electrons. The number of halogens is 1. The summed E-state index contributed by atoms with van der Waals surface area (Å²) in [5.41, 5.74) is 0.427. The van der Waals surface area contributed by atoms with E-state index in [1.165, 1.54) is 13.2 Å². The summed E-state index contributed by atoms with van der Waals surface area (Å²) in [5.74, 6) is -0.335. The van der Waals surface area contributed by atoms with Gasteiger partial charge in [0.05, 0.1) is 18.6 Å². The van der Waals surface area contributed by atoms with E-state index < -0.39 is 5.97 Å². The molecule has 1 aliphatic carbocycles. The van der Waals surface area contributed by atoms with E-state index >= 15 is 0 Å². The van der Waals surface area contributed by atoms with Gasteiger partial charge in [-0.05, 0) is 37.8 Å². The first-order chi connectivity index (χ1) is 11.1. The van der Waals surface area contributed by atoms with E-state index in [9.17, 15) is 9.18 Å². The summed E-state index contributed by atoms with van der Waals surface area (Å²) >= 11 is 0. The third-order valence-electron chi connectivity index (χ3n) is 4.53. The molecule has 2 aromatic rings. The van der Waals surface area contributed by atoms with Crippen molar-refractivity contribution in [1.29, 1.82) is 0 Å². The highest BCUT2D eigenvalue weighted by Gasteiger charge is 2.28. The first-order valence-electron chi connectivity index (χ1n) is 7.69. The van der Waals surface area contributed by atoms with Crippen molar-refractivity contribution >= 4 is 5.97 Å². The highest BCUT2D eigenvalue weighted by molar-refractivity contribution is 5.70. The summed E-state index contributed by atoms with van der Waals surface area (Å²) in [7, 11) is 1.50. The first-order valence-corrected chi connectivity index (χ1v) is 7.69. The average Bonchev–Trinajstić information content (AvgIpc) is 3.04. The molecule has 23 heavy (non-hydrogen) atoms. The topological polar surface area (TPSA) is 64.4 Å². The molecule has 0 bridgehead atoms. The van der Waals surface area contributed by atoms with E-state index in [1.54, 1.807) is 18.3 Å². The number of rotatable bonds is 4. The lowest BCUT2D eigenvalue weighted by molar-refractivity contribution is -0.143. The summed E-state index contributed by atoms with van der Waals surface area (Å²) in [5, 5.41) is 9.09. The van der Waals surface area contributed by atoms with Crippen molar-refractivity contribution in [3.05, 3.63) is 36.4 Å². The van der Waals surface area contributed by atoms with Gasteiger partial charge < -0.3 is 14.4 Å². The van der Waals surface area contributed by atoms with Crippen LogP contribution in [0, 0.1) is 11.7 Å². The van der Waals surface area contributed by atoms with Crippen molar-refractivity contribution < 1.29 is 19.0 Å². The zero-order chi connectivity index (χ0) is 16.4. The summed E-state index contributed by atoms with van der Waals surface area (Å²) in [6.45, 7) is 0. The van der Waals surface area contributed by atoms with Gasteiger partial charge in [-0.3, -0.25) is 4.79 Å². The van der Waals surface area contributed by atoms with E-state index in [-0.39, 0.29) is 17.8 Å². The maximum absolute atomic E-state index is 14.3. The zero-order valence-electron chi connectivity index (χ0n) is 12.9. The molecular weight excluding hydrogens is 299 g/mol. The molecule has 1 aromatic heterocycles. The minimum Gasteiger partial charge on any atom is -0.497 e. The number of imidazole rings is 1. The van der Waals surface area contributed by atoms with E-state index in [0.717, 1.165) is 12.8 Å². The average molecular weight is 318 g/mol. The number of aliphatic carboxylic acids is 1. The maximum Gasteiger partial charge on any atom is 0.306 e. The molecule has 1 saturated carbocycles. The lowest BCUT2D eigenvalue weighted by Gasteiger charge is -2.28. The highest BCUT2D eigenvalue weighted by Crippen LogP contribution is 2.35. The van der Waals surface area contributed by atoms with Crippen LogP contribution in [-0.2, 0) is 4.79 Å². The van der Waals surface area contributed by atoms with Crippen LogP contribution in [0.2, 0.25) is 0 Å².